The maximum absolute atomic E-state index is 8.14. The molecule has 1 heterocycles. The summed E-state index contributed by atoms with van der Waals surface area (Å²) in [5.74, 6) is 0. The first kappa shape index (κ1) is 8.46. The zero-order valence-electron chi connectivity index (χ0n) is 16.1. The Bertz CT molecular complexity index is 680. The highest BCUT2D eigenvalue weighted by Gasteiger charge is 2.15. The smallest absolute Gasteiger partial charge is 0.124 e. The van der Waals surface area contributed by atoms with Gasteiger partial charge >= 0.3 is 0 Å². The van der Waals surface area contributed by atoms with Gasteiger partial charge in [0.25, 0.3) is 0 Å². The van der Waals surface area contributed by atoms with Crippen LogP contribution in [0, 0.1) is 0 Å². The minimum atomic E-state index is -0.819. The van der Waals surface area contributed by atoms with E-state index < -0.39 is 12.1 Å². The van der Waals surface area contributed by atoms with Gasteiger partial charge in [-0.25, -0.2) is 0 Å². The average molecular weight is 261 g/mol. The van der Waals surface area contributed by atoms with Gasteiger partial charge in [-0.15, -0.1) is 0 Å². The van der Waals surface area contributed by atoms with Gasteiger partial charge in [-0.05, 0) is 31.8 Å². The molecule has 1 atom stereocenters. The van der Waals surface area contributed by atoms with Gasteiger partial charge in [0.1, 0.15) is 6.10 Å². The van der Waals surface area contributed by atoms with Crippen LogP contribution in [-0.2, 0) is 4.74 Å². The monoisotopic (exact) mass is 261 g/mol. The standard InChI is InChI=1S/C16H20N2O/c1-18(2)12-13-19-16(14-8-4-3-5-9-14)15-10-6-7-11-17-15/h3-11,16H,12-13H2,1-2H3/i3D,4D,5D,8D,9D. The molecule has 0 saturated carbocycles. The molecular formula is C16H20N2O. The minimum absolute atomic E-state index is 0.110. The number of hydrogen-bond donors (Lipinski definition) is 0. The zero-order chi connectivity index (χ0) is 17.9. The van der Waals surface area contributed by atoms with E-state index in [-0.39, 0.29) is 29.7 Å². The van der Waals surface area contributed by atoms with Crippen molar-refractivity contribution < 1.29 is 11.6 Å². The Kier molecular flexibility index (Phi) is 3.13. The van der Waals surface area contributed by atoms with Gasteiger partial charge < -0.3 is 9.64 Å². The molecule has 1 aromatic carbocycles. The molecule has 0 amide bonds. The predicted octanol–water partition coefficient (Wildman–Crippen LogP) is 2.75. The molecule has 1 aromatic heterocycles. The highest BCUT2D eigenvalue weighted by atomic mass is 16.5. The van der Waals surface area contributed by atoms with Crippen molar-refractivity contribution in [3.63, 3.8) is 0 Å². The van der Waals surface area contributed by atoms with Crippen LogP contribution in [0.5, 0.6) is 0 Å². The number of likely N-dealkylation sites (N-methyl/N-ethyl adjacent to an activating group) is 1. The number of aromatic nitrogens is 1. The number of benzene rings is 1. The van der Waals surface area contributed by atoms with Crippen LogP contribution in [0.2, 0.25) is 0 Å². The maximum Gasteiger partial charge on any atom is 0.124 e. The van der Waals surface area contributed by atoms with Crippen molar-refractivity contribution in [2.24, 2.45) is 0 Å². The van der Waals surface area contributed by atoms with Gasteiger partial charge in [0.05, 0.1) is 19.2 Å². The van der Waals surface area contributed by atoms with E-state index in [9.17, 15) is 0 Å². The highest BCUT2D eigenvalue weighted by Crippen LogP contribution is 2.23. The van der Waals surface area contributed by atoms with Crippen LogP contribution in [0.15, 0.2) is 54.6 Å². The fourth-order valence-corrected chi connectivity index (χ4v) is 1.59. The van der Waals surface area contributed by atoms with E-state index in [4.69, 9.17) is 11.6 Å². The lowest BCUT2D eigenvalue weighted by Crippen LogP contribution is -2.20. The zero-order valence-corrected chi connectivity index (χ0v) is 11.1. The Morgan fingerprint density at radius 2 is 2.05 bits per heavy atom. The van der Waals surface area contributed by atoms with Gasteiger partial charge in [0.15, 0.2) is 0 Å². The topological polar surface area (TPSA) is 25.4 Å². The van der Waals surface area contributed by atoms with E-state index in [0.29, 0.717) is 18.8 Å². The third-order valence-electron chi connectivity index (χ3n) is 2.56. The van der Waals surface area contributed by atoms with Gasteiger partial charge in [0, 0.05) is 12.7 Å². The second-order valence-electron chi connectivity index (χ2n) is 4.35. The van der Waals surface area contributed by atoms with E-state index in [1.165, 1.54) is 0 Å². The Morgan fingerprint density at radius 3 is 2.68 bits per heavy atom. The van der Waals surface area contributed by atoms with Crippen LogP contribution in [0.3, 0.4) is 0 Å². The molecule has 2 rings (SSSR count). The van der Waals surface area contributed by atoms with E-state index in [1.54, 1.807) is 24.4 Å². The van der Waals surface area contributed by atoms with E-state index in [0.717, 1.165) is 0 Å². The molecule has 0 spiro atoms. The molecule has 0 bridgehead atoms. The van der Waals surface area contributed by atoms with Crippen LogP contribution < -0.4 is 0 Å². The molecule has 0 fully saturated rings. The van der Waals surface area contributed by atoms with Gasteiger partial charge in [-0.1, -0.05) is 36.3 Å². The quantitative estimate of drug-likeness (QED) is 0.799. The summed E-state index contributed by atoms with van der Waals surface area (Å²) in [6, 6.07) is 3.57. The normalized spacial score (nSPS) is 16.3. The van der Waals surface area contributed by atoms with E-state index in [2.05, 4.69) is 4.98 Å². The number of nitrogens with zero attached hydrogens (tertiary/aromatic N) is 2. The summed E-state index contributed by atoms with van der Waals surface area (Å²) in [6.07, 6.45) is 0.771. The van der Waals surface area contributed by atoms with Crippen molar-refractivity contribution in [1.29, 1.82) is 0 Å². The number of pyridine rings is 1. The second kappa shape index (κ2) is 7.02. The fraction of sp³-hybridized carbons (Fsp3) is 0.312. The Balaban J connectivity index is 2.52. The third-order valence-corrected chi connectivity index (χ3v) is 2.56. The van der Waals surface area contributed by atoms with Crippen molar-refractivity contribution in [1.82, 2.24) is 9.88 Å². The number of ether oxygens (including phenoxy) is 1. The fourth-order valence-electron chi connectivity index (χ4n) is 1.59. The van der Waals surface area contributed by atoms with Crippen LogP contribution in [0.25, 0.3) is 0 Å². The molecule has 0 saturated heterocycles. The molecule has 100 valence electrons. The Hall–Kier alpha value is -1.71. The van der Waals surface area contributed by atoms with Gasteiger partial charge in [-0.2, -0.15) is 0 Å². The molecule has 3 nitrogen and oxygen atoms in total. The first-order chi connectivity index (χ1) is 11.3. The van der Waals surface area contributed by atoms with E-state index >= 15 is 0 Å². The molecular weight excluding hydrogens is 236 g/mol. The Morgan fingerprint density at radius 1 is 1.26 bits per heavy atom. The van der Waals surface area contributed by atoms with Crippen molar-refractivity contribution in [2.75, 3.05) is 27.2 Å². The highest BCUT2D eigenvalue weighted by molar-refractivity contribution is 5.25. The van der Waals surface area contributed by atoms with Crippen molar-refractivity contribution in [3.8, 4) is 0 Å². The lowest BCUT2D eigenvalue weighted by molar-refractivity contribution is 0.0662. The molecule has 0 radical (unpaired) electrons. The molecule has 0 aliphatic heterocycles. The lowest BCUT2D eigenvalue weighted by Gasteiger charge is -2.19. The van der Waals surface area contributed by atoms with Crippen molar-refractivity contribution >= 4 is 0 Å². The van der Waals surface area contributed by atoms with E-state index in [1.807, 2.05) is 19.0 Å². The van der Waals surface area contributed by atoms with Crippen molar-refractivity contribution in [3.05, 3.63) is 65.9 Å². The second-order valence-corrected chi connectivity index (χ2v) is 4.35. The summed E-state index contributed by atoms with van der Waals surface area (Å²) in [4.78, 5) is 6.18. The maximum atomic E-state index is 8.14. The van der Waals surface area contributed by atoms with Crippen LogP contribution in [0.4, 0.5) is 0 Å². The molecule has 0 aliphatic rings. The minimum Gasteiger partial charge on any atom is -0.366 e. The largest absolute Gasteiger partial charge is 0.366 e. The van der Waals surface area contributed by atoms with Crippen LogP contribution in [0.1, 0.15) is 24.2 Å². The SMILES string of the molecule is [2H]c1c([2H])c([2H])c(C(OCCN(C)C)c2ccccn2)c([2H])c1[2H]. The van der Waals surface area contributed by atoms with Gasteiger partial charge in [0.2, 0.25) is 0 Å². The summed E-state index contributed by atoms with van der Waals surface area (Å²) in [5.41, 5.74) is 0.619. The summed E-state index contributed by atoms with van der Waals surface area (Å²) in [7, 11) is 3.81. The third kappa shape index (κ3) is 4.16. The molecule has 3 heteroatoms. The first-order valence-electron chi connectivity index (χ1n) is 8.58. The molecule has 1 unspecified atom stereocenters. The van der Waals surface area contributed by atoms with Gasteiger partial charge in [-0.3, -0.25) is 4.98 Å². The predicted molar refractivity (Wildman–Crippen MR) is 77.0 cm³/mol. The van der Waals surface area contributed by atoms with Crippen LogP contribution in [-0.4, -0.2) is 37.1 Å². The summed E-state index contributed by atoms with van der Waals surface area (Å²) in [5, 5.41) is 0. The number of hydrogen-bond acceptors (Lipinski definition) is 3. The number of rotatable bonds is 6. The average Bonchev–Trinajstić information content (AvgIpc) is 2.57. The molecule has 2 aromatic rings. The Labute approximate surface area is 121 Å². The molecule has 0 aliphatic carbocycles. The summed E-state index contributed by atoms with van der Waals surface area (Å²) in [6.45, 7) is 0.985. The first-order valence-corrected chi connectivity index (χ1v) is 6.08. The van der Waals surface area contributed by atoms with Crippen LogP contribution >= 0.6 is 0 Å². The molecule has 0 N–H and O–H groups in total. The molecule has 19 heavy (non-hydrogen) atoms. The summed E-state index contributed by atoms with van der Waals surface area (Å²) >= 11 is 0. The van der Waals surface area contributed by atoms with Crippen molar-refractivity contribution in [2.45, 2.75) is 6.10 Å². The summed E-state index contributed by atoms with van der Waals surface area (Å²) < 4.78 is 45.6. The lowest BCUT2D eigenvalue weighted by atomic mass is 10.1.